The zero-order valence-corrected chi connectivity index (χ0v) is 12.6. The van der Waals surface area contributed by atoms with Crippen molar-refractivity contribution in [3.63, 3.8) is 0 Å². The van der Waals surface area contributed by atoms with Crippen molar-refractivity contribution in [1.82, 2.24) is 4.90 Å². The van der Waals surface area contributed by atoms with Crippen LogP contribution in [-0.4, -0.2) is 56.5 Å². The molecule has 1 N–H and O–H groups in total. The first kappa shape index (κ1) is 17.4. The summed E-state index contributed by atoms with van der Waals surface area (Å²) in [5.41, 5.74) is 2.00. The number of rotatable bonds is 10. The van der Waals surface area contributed by atoms with E-state index in [1.807, 2.05) is 24.3 Å². The maximum atomic E-state index is 10.7. The van der Waals surface area contributed by atoms with Gasteiger partial charge in [0.1, 0.15) is 0 Å². The summed E-state index contributed by atoms with van der Waals surface area (Å²) < 4.78 is 10.3. The van der Waals surface area contributed by atoms with E-state index in [-0.39, 0.29) is 0 Å². The van der Waals surface area contributed by atoms with Crippen molar-refractivity contribution in [3.8, 4) is 0 Å². The molecule has 21 heavy (non-hydrogen) atoms. The number of carboxylic acids is 1. The van der Waals surface area contributed by atoms with E-state index in [9.17, 15) is 4.79 Å². The van der Waals surface area contributed by atoms with Crippen LogP contribution in [0, 0.1) is 0 Å². The fraction of sp³-hybridized carbons (Fsp3) is 0.438. The molecular formula is C16H23NO4. The molecule has 116 valence electrons. The topological polar surface area (TPSA) is 59.0 Å². The molecule has 5 nitrogen and oxygen atoms in total. The Balaban J connectivity index is 2.79. The molecule has 0 unspecified atom stereocenters. The third-order valence-electron chi connectivity index (χ3n) is 3.08. The van der Waals surface area contributed by atoms with Crippen LogP contribution in [0.4, 0.5) is 0 Å². The van der Waals surface area contributed by atoms with E-state index in [1.54, 1.807) is 20.3 Å². The SMILES string of the molecule is COCCN(CCOC)Cc1ccccc1C=CC(=O)O. The Morgan fingerprint density at radius 1 is 1.19 bits per heavy atom. The minimum absolute atomic E-state index is 0.650. The molecule has 1 aromatic carbocycles. The second kappa shape index (κ2) is 10.1. The van der Waals surface area contributed by atoms with E-state index in [1.165, 1.54) is 0 Å². The van der Waals surface area contributed by atoms with Crippen molar-refractivity contribution in [2.24, 2.45) is 0 Å². The first-order chi connectivity index (χ1) is 10.2. The second-order valence-corrected chi connectivity index (χ2v) is 4.63. The number of nitrogens with zero attached hydrogens (tertiary/aromatic N) is 1. The molecule has 0 bridgehead atoms. The van der Waals surface area contributed by atoms with E-state index in [0.717, 1.165) is 36.8 Å². The Hall–Kier alpha value is -1.69. The monoisotopic (exact) mass is 293 g/mol. The average molecular weight is 293 g/mol. The van der Waals surface area contributed by atoms with Crippen LogP contribution < -0.4 is 0 Å². The van der Waals surface area contributed by atoms with Gasteiger partial charge in [0.15, 0.2) is 0 Å². The molecule has 5 heteroatoms. The molecular weight excluding hydrogens is 270 g/mol. The van der Waals surface area contributed by atoms with E-state index in [4.69, 9.17) is 14.6 Å². The van der Waals surface area contributed by atoms with Crippen molar-refractivity contribution in [2.75, 3.05) is 40.5 Å². The van der Waals surface area contributed by atoms with Crippen LogP contribution >= 0.6 is 0 Å². The fourth-order valence-electron chi connectivity index (χ4n) is 1.95. The highest BCUT2D eigenvalue weighted by molar-refractivity contribution is 5.85. The van der Waals surface area contributed by atoms with E-state index >= 15 is 0 Å². The lowest BCUT2D eigenvalue weighted by molar-refractivity contribution is -0.131. The molecule has 0 aliphatic carbocycles. The molecule has 0 amide bonds. The highest BCUT2D eigenvalue weighted by Gasteiger charge is 2.08. The summed E-state index contributed by atoms with van der Waals surface area (Å²) in [4.78, 5) is 12.9. The van der Waals surface area contributed by atoms with E-state index in [2.05, 4.69) is 4.90 Å². The predicted octanol–water partition coefficient (Wildman–Crippen LogP) is 1.88. The Bertz CT molecular complexity index is 451. The van der Waals surface area contributed by atoms with Crippen LogP contribution in [0.5, 0.6) is 0 Å². The predicted molar refractivity (Wildman–Crippen MR) is 82.1 cm³/mol. The second-order valence-electron chi connectivity index (χ2n) is 4.63. The van der Waals surface area contributed by atoms with Gasteiger partial charge in [0, 0.05) is 39.9 Å². The van der Waals surface area contributed by atoms with Gasteiger partial charge in [-0.3, -0.25) is 4.90 Å². The smallest absolute Gasteiger partial charge is 0.328 e. The van der Waals surface area contributed by atoms with Gasteiger partial charge < -0.3 is 14.6 Å². The molecule has 0 saturated carbocycles. The molecule has 0 atom stereocenters. The third-order valence-corrected chi connectivity index (χ3v) is 3.08. The normalized spacial score (nSPS) is 11.4. The van der Waals surface area contributed by atoms with Crippen molar-refractivity contribution >= 4 is 12.0 Å². The molecule has 1 aromatic rings. The number of hydrogen-bond acceptors (Lipinski definition) is 4. The maximum absolute atomic E-state index is 10.7. The Kier molecular flexibility index (Phi) is 8.35. The highest BCUT2D eigenvalue weighted by atomic mass is 16.5. The summed E-state index contributed by atoms with van der Waals surface area (Å²) in [6.45, 7) is 3.63. The average Bonchev–Trinajstić information content (AvgIpc) is 2.48. The van der Waals surface area contributed by atoms with Gasteiger partial charge in [0.05, 0.1) is 13.2 Å². The fourth-order valence-corrected chi connectivity index (χ4v) is 1.95. The van der Waals surface area contributed by atoms with Gasteiger partial charge in [0.2, 0.25) is 0 Å². The van der Waals surface area contributed by atoms with Crippen LogP contribution in [0.1, 0.15) is 11.1 Å². The van der Waals surface area contributed by atoms with Gasteiger partial charge in [-0.2, -0.15) is 0 Å². The largest absolute Gasteiger partial charge is 0.478 e. The van der Waals surface area contributed by atoms with Gasteiger partial charge in [0.25, 0.3) is 0 Å². The van der Waals surface area contributed by atoms with E-state index < -0.39 is 5.97 Å². The number of ether oxygens (including phenoxy) is 2. The number of benzene rings is 1. The Labute approximate surface area is 125 Å². The highest BCUT2D eigenvalue weighted by Crippen LogP contribution is 2.13. The van der Waals surface area contributed by atoms with Crippen LogP contribution in [0.15, 0.2) is 30.3 Å². The number of carboxylic acid groups (broad SMARTS) is 1. The van der Waals surface area contributed by atoms with Gasteiger partial charge in [-0.25, -0.2) is 4.79 Å². The molecule has 0 heterocycles. The number of hydrogen-bond donors (Lipinski definition) is 1. The van der Waals surface area contributed by atoms with E-state index in [0.29, 0.717) is 13.2 Å². The van der Waals surface area contributed by atoms with Gasteiger partial charge in [-0.15, -0.1) is 0 Å². The first-order valence-corrected chi connectivity index (χ1v) is 6.86. The zero-order chi connectivity index (χ0) is 15.5. The van der Waals surface area contributed by atoms with Crippen LogP contribution in [0.25, 0.3) is 6.08 Å². The van der Waals surface area contributed by atoms with Gasteiger partial charge >= 0.3 is 5.97 Å². The van der Waals surface area contributed by atoms with Crippen LogP contribution in [0.2, 0.25) is 0 Å². The lowest BCUT2D eigenvalue weighted by Gasteiger charge is -2.22. The molecule has 1 rings (SSSR count). The maximum Gasteiger partial charge on any atom is 0.328 e. The molecule has 0 aliphatic heterocycles. The minimum atomic E-state index is -0.944. The van der Waals surface area contributed by atoms with Crippen molar-refractivity contribution in [1.29, 1.82) is 0 Å². The molecule has 0 saturated heterocycles. The first-order valence-electron chi connectivity index (χ1n) is 6.86. The Morgan fingerprint density at radius 2 is 1.81 bits per heavy atom. The minimum Gasteiger partial charge on any atom is -0.478 e. The molecule has 0 aliphatic rings. The lowest BCUT2D eigenvalue weighted by Crippen LogP contribution is -2.30. The summed E-state index contributed by atoms with van der Waals surface area (Å²) in [7, 11) is 3.36. The number of aliphatic carboxylic acids is 1. The zero-order valence-electron chi connectivity index (χ0n) is 12.6. The molecule has 0 radical (unpaired) electrons. The van der Waals surface area contributed by atoms with Gasteiger partial charge in [-0.05, 0) is 17.2 Å². The van der Waals surface area contributed by atoms with Crippen molar-refractivity contribution < 1.29 is 19.4 Å². The summed E-state index contributed by atoms with van der Waals surface area (Å²) in [6.07, 6.45) is 2.79. The lowest BCUT2D eigenvalue weighted by atomic mass is 10.1. The third kappa shape index (κ3) is 7.04. The van der Waals surface area contributed by atoms with Crippen molar-refractivity contribution in [2.45, 2.75) is 6.54 Å². The van der Waals surface area contributed by atoms with Gasteiger partial charge in [-0.1, -0.05) is 24.3 Å². The molecule has 0 spiro atoms. The summed E-state index contributed by atoms with van der Waals surface area (Å²) >= 11 is 0. The summed E-state index contributed by atoms with van der Waals surface area (Å²) in [5, 5.41) is 8.75. The molecule has 0 fully saturated rings. The van der Waals surface area contributed by atoms with Crippen molar-refractivity contribution in [3.05, 3.63) is 41.5 Å². The number of methoxy groups -OCH3 is 2. The summed E-state index contributed by atoms with van der Waals surface area (Å²) in [5.74, 6) is -0.944. The quantitative estimate of drug-likeness (QED) is 0.667. The van der Waals surface area contributed by atoms with Crippen LogP contribution in [-0.2, 0) is 20.8 Å². The number of carbonyl (C=O) groups is 1. The summed E-state index contributed by atoms with van der Waals surface area (Å²) in [6, 6.07) is 7.78. The standard InChI is InChI=1S/C16H23NO4/c1-20-11-9-17(10-12-21-2)13-15-6-4-3-5-14(15)7-8-16(18)19/h3-8H,9-13H2,1-2H3,(H,18,19). The van der Waals surface area contributed by atoms with Crippen LogP contribution in [0.3, 0.4) is 0 Å². The Morgan fingerprint density at radius 3 is 2.38 bits per heavy atom. The molecule has 0 aromatic heterocycles.